The minimum atomic E-state index is -4.67. The van der Waals surface area contributed by atoms with Gasteiger partial charge in [0.15, 0.2) is 0 Å². The monoisotopic (exact) mass is 216 g/mol. The first-order valence-electron chi connectivity index (χ1n) is 3.83. The van der Waals surface area contributed by atoms with Crippen LogP contribution in [-0.2, 0) is 10.4 Å². The molecule has 0 aromatic rings. The quantitative estimate of drug-likeness (QED) is 0.376. The van der Waals surface area contributed by atoms with Crippen LogP contribution in [0.25, 0.3) is 0 Å². The largest absolute Gasteiger partial charge is 0.396 e. The van der Waals surface area contributed by atoms with Crippen molar-refractivity contribution in [3.8, 4) is 0 Å². The van der Waals surface area contributed by atoms with E-state index in [1.54, 1.807) is 0 Å². The highest BCUT2D eigenvalue weighted by Gasteiger charge is 1.85. The molecule has 0 aliphatic carbocycles. The van der Waals surface area contributed by atoms with Gasteiger partial charge in [-0.15, -0.1) is 0 Å². The minimum Gasteiger partial charge on any atom is -0.396 e. The summed E-state index contributed by atoms with van der Waals surface area (Å²) in [4.78, 5) is 0. The van der Waals surface area contributed by atoms with Gasteiger partial charge in [-0.3, -0.25) is 9.11 Å². The van der Waals surface area contributed by atoms with Crippen LogP contribution >= 0.6 is 0 Å². The Morgan fingerprint density at radius 3 is 1.15 bits per heavy atom. The molecule has 13 heavy (non-hydrogen) atoms. The maximum atomic E-state index is 8.74. The van der Waals surface area contributed by atoms with Crippen LogP contribution in [0.4, 0.5) is 0 Å². The zero-order chi connectivity index (χ0) is 10.7. The Hall–Kier alpha value is -0.210. The first kappa shape index (κ1) is 15.3. The average molecular weight is 216 g/mol. The summed E-state index contributed by atoms with van der Waals surface area (Å²) >= 11 is 0. The van der Waals surface area contributed by atoms with Crippen LogP contribution in [-0.4, -0.2) is 41.0 Å². The molecule has 0 aliphatic heterocycles. The molecule has 0 atom stereocenters. The predicted molar refractivity (Wildman–Crippen MR) is 46.8 cm³/mol. The highest BCUT2D eigenvalue weighted by Crippen LogP contribution is 1.96. The van der Waals surface area contributed by atoms with Gasteiger partial charge in [0, 0.05) is 13.2 Å². The van der Waals surface area contributed by atoms with E-state index in [0.717, 1.165) is 25.7 Å². The first-order chi connectivity index (χ1) is 5.91. The van der Waals surface area contributed by atoms with E-state index < -0.39 is 10.4 Å². The molecular formula is C6H16O6S. The van der Waals surface area contributed by atoms with E-state index >= 15 is 0 Å². The number of aliphatic hydroxyl groups is 2. The van der Waals surface area contributed by atoms with Crippen molar-refractivity contribution in [3.63, 3.8) is 0 Å². The molecule has 0 aromatic carbocycles. The second-order valence-corrected chi connectivity index (χ2v) is 3.20. The van der Waals surface area contributed by atoms with Crippen LogP contribution in [0.15, 0.2) is 0 Å². The lowest BCUT2D eigenvalue weighted by Crippen LogP contribution is -1.89. The molecule has 0 rings (SSSR count). The fraction of sp³-hybridized carbons (Fsp3) is 1.00. The fourth-order valence-electron chi connectivity index (χ4n) is 0.577. The second kappa shape index (κ2) is 9.87. The molecule has 7 heteroatoms. The van der Waals surface area contributed by atoms with Gasteiger partial charge in [-0.2, -0.15) is 8.42 Å². The maximum absolute atomic E-state index is 8.74. The van der Waals surface area contributed by atoms with Crippen LogP contribution in [0.5, 0.6) is 0 Å². The summed E-state index contributed by atoms with van der Waals surface area (Å²) in [7, 11) is -4.67. The third kappa shape index (κ3) is 49.3. The van der Waals surface area contributed by atoms with Crippen molar-refractivity contribution >= 4 is 10.4 Å². The summed E-state index contributed by atoms with van der Waals surface area (Å²) in [5.41, 5.74) is 0. The number of hydrogen-bond acceptors (Lipinski definition) is 4. The van der Waals surface area contributed by atoms with Crippen molar-refractivity contribution in [2.24, 2.45) is 0 Å². The second-order valence-electron chi connectivity index (χ2n) is 2.31. The number of rotatable bonds is 5. The highest BCUT2D eigenvalue weighted by molar-refractivity contribution is 7.79. The van der Waals surface area contributed by atoms with Gasteiger partial charge in [0.05, 0.1) is 0 Å². The zero-order valence-corrected chi connectivity index (χ0v) is 8.07. The van der Waals surface area contributed by atoms with Gasteiger partial charge in [-0.25, -0.2) is 0 Å². The molecule has 82 valence electrons. The zero-order valence-electron chi connectivity index (χ0n) is 7.26. The lowest BCUT2D eigenvalue weighted by atomic mass is 10.2. The molecule has 0 saturated heterocycles. The molecule has 0 radical (unpaired) electrons. The summed E-state index contributed by atoms with van der Waals surface area (Å²) in [6.07, 6.45) is 3.83. The van der Waals surface area contributed by atoms with E-state index in [2.05, 4.69) is 0 Å². The molecule has 4 N–H and O–H groups in total. The number of aliphatic hydroxyl groups excluding tert-OH is 2. The highest BCUT2D eigenvalue weighted by atomic mass is 32.3. The molecule has 6 nitrogen and oxygen atoms in total. The molecule has 0 aliphatic rings. The topological polar surface area (TPSA) is 115 Å². The van der Waals surface area contributed by atoms with E-state index in [0.29, 0.717) is 0 Å². The summed E-state index contributed by atoms with van der Waals surface area (Å²) in [6, 6.07) is 0. The van der Waals surface area contributed by atoms with Gasteiger partial charge >= 0.3 is 10.4 Å². The van der Waals surface area contributed by atoms with Gasteiger partial charge in [0.1, 0.15) is 0 Å². The number of hydrogen-bond donors (Lipinski definition) is 4. The molecule has 0 aromatic heterocycles. The lowest BCUT2D eigenvalue weighted by molar-refractivity contribution is 0.265. The van der Waals surface area contributed by atoms with Crippen molar-refractivity contribution in [2.75, 3.05) is 13.2 Å². The van der Waals surface area contributed by atoms with Gasteiger partial charge < -0.3 is 10.2 Å². The molecule has 0 fully saturated rings. The van der Waals surface area contributed by atoms with E-state index in [9.17, 15) is 0 Å². The van der Waals surface area contributed by atoms with Crippen LogP contribution < -0.4 is 0 Å². The summed E-state index contributed by atoms with van der Waals surface area (Å²) in [5.74, 6) is 0. The molecule has 0 saturated carbocycles. The standard InChI is InChI=1S/C6H14O2.H2O4S/c7-5-3-1-2-4-6-8;1-5(2,3)4/h7-8H,1-6H2;(H2,1,2,3,4). The van der Waals surface area contributed by atoms with Crippen LogP contribution in [0.3, 0.4) is 0 Å². The Morgan fingerprint density at radius 2 is 1.00 bits per heavy atom. The molecular weight excluding hydrogens is 200 g/mol. The Balaban J connectivity index is 0. The van der Waals surface area contributed by atoms with E-state index in [1.807, 2.05) is 0 Å². The van der Waals surface area contributed by atoms with Gasteiger partial charge in [0.2, 0.25) is 0 Å². The van der Waals surface area contributed by atoms with E-state index in [1.165, 1.54) is 0 Å². The predicted octanol–water partition coefficient (Wildman–Crippen LogP) is -0.121. The minimum absolute atomic E-state index is 0.283. The average Bonchev–Trinajstić information content (AvgIpc) is 1.95. The fourth-order valence-corrected chi connectivity index (χ4v) is 0.577. The Labute approximate surface area is 77.8 Å². The lowest BCUT2D eigenvalue weighted by Gasteiger charge is -1.93. The van der Waals surface area contributed by atoms with Crippen molar-refractivity contribution < 1.29 is 27.7 Å². The SMILES string of the molecule is O=S(=O)(O)O.OCCCCCCO. The number of unbranched alkanes of at least 4 members (excludes halogenated alkanes) is 3. The van der Waals surface area contributed by atoms with Crippen molar-refractivity contribution in [1.82, 2.24) is 0 Å². The van der Waals surface area contributed by atoms with E-state index in [4.69, 9.17) is 27.7 Å². The van der Waals surface area contributed by atoms with Crippen molar-refractivity contribution in [3.05, 3.63) is 0 Å². The smallest absolute Gasteiger partial charge is 0.394 e. The third-order valence-electron chi connectivity index (χ3n) is 1.07. The van der Waals surface area contributed by atoms with Gasteiger partial charge in [0.25, 0.3) is 0 Å². The summed E-state index contributed by atoms with van der Waals surface area (Å²) in [6.45, 7) is 0.566. The Morgan fingerprint density at radius 1 is 0.769 bits per heavy atom. The van der Waals surface area contributed by atoms with Crippen molar-refractivity contribution in [1.29, 1.82) is 0 Å². The molecule has 0 amide bonds. The van der Waals surface area contributed by atoms with E-state index in [-0.39, 0.29) is 13.2 Å². The molecule has 0 spiro atoms. The third-order valence-corrected chi connectivity index (χ3v) is 1.07. The van der Waals surface area contributed by atoms with Crippen LogP contribution in [0.2, 0.25) is 0 Å². The van der Waals surface area contributed by atoms with Gasteiger partial charge in [-0.1, -0.05) is 12.8 Å². The van der Waals surface area contributed by atoms with Crippen LogP contribution in [0, 0.1) is 0 Å². The summed E-state index contributed by atoms with van der Waals surface area (Å²) in [5, 5.41) is 16.6. The van der Waals surface area contributed by atoms with Crippen LogP contribution in [0.1, 0.15) is 25.7 Å². The Bertz CT molecular complexity index is 162. The normalized spacial score (nSPS) is 10.5. The molecule has 0 heterocycles. The van der Waals surface area contributed by atoms with Crippen molar-refractivity contribution in [2.45, 2.75) is 25.7 Å². The molecule has 0 unspecified atom stereocenters. The summed E-state index contributed by atoms with van der Waals surface area (Å²) < 4.78 is 31.6. The first-order valence-corrected chi connectivity index (χ1v) is 5.23. The molecule has 0 bridgehead atoms. The Kier molecular flexibility index (Phi) is 11.6. The van der Waals surface area contributed by atoms with Gasteiger partial charge in [-0.05, 0) is 12.8 Å². The maximum Gasteiger partial charge on any atom is 0.394 e.